The number of amides is 2. The van der Waals surface area contributed by atoms with E-state index in [0.717, 1.165) is 29.7 Å². The molecule has 2 amide bonds. The van der Waals surface area contributed by atoms with Crippen LogP contribution >= 0.6 is 0 Å². The Labute approximate surface area is 191 Å². The lowest BCUT2D eigenvalue weighted by atomic mass is 10.0. The predicted octanol–water partition coefficient (Wildman–Crippen LogP) is 5.45. The highest BCUT2D eigenvalue weighted by Crippen LogP contribution is 2.27. The Balaban J connectivity index is 2.42. The highest BCUT2D eigenvalue weighted by molar-refractivity contribution is 5.92. The van der Waals surface area contributed by atoms with E-state index in [0.29, 0.717) is 18.8 Å². The van der Waals surface area contributed by atoms with Crippen LogP contribution < -0.4 is 10.2 Å². The Bertz CT molecular complexity index is 923. The average molecular weight is 442 g/mol. The lowest BCUT2D eigenvalue weighted by molar-refractivity contribution is -0.137. The Morgan fingerprint density at radius 2 is 1.69 bits per heavy atom. The van der Waals surface area contributed by atoms with Gasteiger partial charge in [0, 0.05) is 50.4 Å². The van der Waals surface area contributed by atoms with Crippen molar-refractivity contribution in [2.45, 2.75) is 53.6 Å². The van der Waals surface area contributed by atoms with E-state index in [2.05, 4.69) is 5.32 Å². The normalized spacial score (nSPS) is 11.0. The molecule has 0 atom stereocenters. The third-order valence-corrected chi connectivity index (χ3v) is 5.62. The number of carbonyl (C=O) groups excluding carboxylic acids is 2. The third kappa shape index (κ3) is 6.81. The zero-order valence-corrected chi connectivity index (χ0v) is 20.1. The second-order valence-electron chi connectivity index (χ2n) is 8.72. The van der Waals surface area contributed by atoms with E-state index in [4.69, 9.17) is 0 Å². The highest BCUT2D eigenvalue weighted by Gasteiger charge is 2.23. The number of hydrogen-bond donors (Lipinski definition) is 1. The molecule has 0 aliphatic carbocycles. The number of benzene rings is 2. The van der Waals surface area contributed by atoms with Crippen molar-refractivity contribution in [3.63, 3.8) is 0 Å². The molecule has 174 valence electrons. The van der Waals surface area contributed by atoms with Gasteiger partial charge in [0.05, 0.1) is 0 Å². The quantitative estimate of drug-likeness (QED) is 0.533. The lowest BCUT2D eigenvalue weighted by Gasteiger charge is -2.29. The third-order valence-electron chi connectivity index (χ3n) is 5.62. The first kappa shape index (κ1) is 25.4. The summed E-state index contributed by atoms with van der Waals surface area (Å²) in [6, 6.07) is 12.1. The largest absolute Gasteiger partial charge is 0.377 e. The van der Waals surface area contributed by atoms with E-state index in [-0.39, 0.29) is 29.5 Å². The summed E-state index contributed by atoms with van der Waals surface area (Å²) in [6.07, 6.45) is 1.50. The van der Waals surface area contributed by atoms with Crippen LogP contribution in [-0.4, -0.2) is 30.8 Å². The molecule has 6 heteroatoms. The monoisotopic (exact) mass is 441 g/mol. The summed E-state index contributed by atoms with van der Waals surface area (Å²) in [5.41, 5.74) is 3.34. The first-order valence-corrected chi connectivity index (χ1v) is 11.3. The van der Waals surface area contributed by atoms with Crippen molar-refractivity contribution >= 4 is 23.2 Å². The maximum absolute atomic E-state index is 13.8. The van der Waals surface area contributed by atoms with Gasteiger partial charge in [-0.1, -0.05) is 39.8 Å². The van der Waals surface area contributed by atoms with Gasteiger partial charge in [0.1, 0.15) is 5.82 Å². The van der Waals surface area contributed by atoms with Gasteiger partial charge in [-0.2, -0.15) is 0 Å². The van der Waals surface area contributed by atoms with Crippen LogP contribution in [0.5, 0.6) is 0 Å². The van der Waals surface area contributed by atoms with Gasteiger partial charge in [-0.3, -0.25) is 9.59 Å². The first-order chi connectivity index (χ1) is 15.2. The Kier molecular flexibility index (Phi) is 9.24. The van der Waals surface area contributed by atoms with E-state index in [1.165, 1.54) is 12.1 Å². The Morgan fingerprint density at radius 3 is 2.25 bits per heavy atom. The van der Waals surface area contributed by atoms with Crippen LogP contribution in [0.3, 0.4) is 0 Å². The number of nitrogens with one attached hydrogen (secondary N) is 1. The molecule has 0 aromatic heterocycles. The minimum atomic E-state index is -0.315. The van der Waals surface area contributed by atoms with Gasteiger partial charge in [0.25, 0.3) is 0 Å². The predicted molar refractivity (Wildman–Crippen MR) is 129 cm³/mol. The number of hydrogen-bond acceptors (Lipinski definition) is 3. The molecule has 32 heavy (non-hydrogen) atoms. The summed E-state index contributed by atoms with van der Waals surface area (Å²) in [5.74, 6) is -0.535. The Morgan fingerprint density at radius 1 is 1.00 bits per heavy atom. The van der Waals surface area contributed by atoms with Crippen molar-refractivity contribution in [3.05, 3.63) is 59.4 Å². The van der Waals surface area contributed by atoms with Crippen LogP contribution in [0.2, 0.25) is 0 Å². The molecule has 2 rings (SSSR count). The summed E-state index contributed by atoms with van der Waals surface area (Å²) in [4.78, 5) is 29.4. The van der Waals surface area contributed by atoms with Gasteiger partial charge in [-0.15, -0.1) is 0 Å². The summed E-state index contributed by atoms with van der Waals surface area (Å²) in [7, 11) is 3.90. The smallest absolute Gasteiger partial charge is 0.226 e. The van der Waals surface area contributed by atoms with Crippen LogP contribution in [0.15, 0.2) is 42.5 Å². The van der Waals surface area contributed by atoms with Crippen molar-refractivity contribution < 1.29 is 14.0 Å². The average Bonchev–Trinajstić information content (AvgIpc) is 2.74. The fourth-order valence-electron chi connectivity index (χ4n) is 3.68. The molecule has 0 bridgehead atoms. The van der Waals surface area contributed by atoms with E-state index >= 15 is 0 Å². The fraction of sp³-hybridized carbons (Fsp3) is 0.462. The lowest BCUT2D eigenvalue weighted by Crippen LogP contribution is -2.35. The molecule has 0 saturated carbocycles. The van der Waals surface area contributed by atoms with E-state index in [1.807, 2.05) is 71.0 Å². The zero-order chi connectivity index (χ0) is 23.8. The standard InChI is InChI=1S/C26H36FN3O2/c1-7-20(8-2)26(32)30(16-19-10-9-11-22(27)14-19)17-21-15-23(28-25(31)18(3)4)12-13-24(21)29(5)6/h9-15,18,20H,7-8,16-17H2,1-6H3,(H,28,31). The minimum Gasteiger partial charge on any atom is -0.377 e. The molecule has 0 saturated heterocycles. The second-order valence-corrected chi connectivity index (χ2v) is 8.72. The van der Waals surface area contributed by atoms with Gasteiger partial charge in [-0.05, 0) is 54.3 Å². The van der Waals surface area contributed by atoms with E-state index in [9.17, 15) is 14.0 Å². The van der Waals surface area contributed by atoms with Gasteiger partial charge < -0.3 is 15.1 Å². The minimum absolute atomic E-state index is 0.0561. The molecule has 0 spiro atoms. The summed E-state index contributed by atoms with van der Waals surface area (Å²) in [5, 5.41) is 2.94. The van der Waals surface area contributed by atoms with Crippen molar-refractivity contribution in [1.29, 1.82) is 0 Å². The van der Waals surface area contributed by atoms with Gasteiger partial charge in [-0.25, -0.2) is 4.39 Å². The number of halogens is 1. The first-order valence-electron chi connectivity index (χ1n) is 11.3. The van der Waals surface area contributed by atoms with Crippen molar-refractivity contribution in [2.24, 2.45) is 11.8 Å². The molecule has 0 heterocycles. The topological polar surface area (TPSA) is 52.7 Å². The van der Waals surface area contributed by atoms with E-state index in [1.54, 1.807) is 11.0 Å². The van der Waals surface area contributed by atoms with Crippen molar-refractivity contribution in [1.82, 2.24) is 4.90 Å². The van der Waals surface area contributed by atoms with Crippen molar-refractivity contribution in [2.75, 3.05) is 24.3 Å². The van der Waals surface area contributed by atoms with Crippen molar-refractivity contribution in [3.8, 4) is 0 Å². The van der Waals surface area contributed by atoms with Gasteiger partial charge in [0.2, 0.25) is 11.8 Å². The van der Waals surface area contributed by atoms with Crippen LogP contribution in [0.25, 0.3) is 0 Å². The Hall–Kier alpha value is -2.89. The number of nitrogens with zero attached hydrogens (tertiary/aromatic N) is 2. The van der Waals surface area contributed by atoms with Crippen LogP contribution in [-0.2, 0) is 22.7 Å². The number of anilines is 2. The zero-order valence-electron chi connectivity index (χ0n) is 20.1. The fourth-order valence-corrected chi connectivity index (χ4v) is 3.68. The highest BCUT2D eigenvalue weighted by atomic mass is 19.1. The molecule has 0 radical (unpaired) electrons. The maximum atomic E-state index is 13.8. The molecule has 2 aromatic carbocycles. The molecule has 0 unspecified atom stereocenters. The molecule has 0 aliphatic heterocycles. The molecule has 2 aromatic rings. The summed E-state index contributed by atoms with van der Waals surface area (Å²) < 4.78 is 13.8. The molecule has 1 N–H and O–H groups in total. The SMILES string of the molecule is CCC(CC)C(=O)N(Cc1cccc(F)c1)Cc1cc(NC(=O)C(C)C)ccc1N(C)C. The summed E-state index contributed by atoms with van der Waals surface area (Å²) >= 11 is 0. The van der Waals surface area contributed by atoms with Crippen LogP contribution in [0.1, 0.15) is 51.7 Å². The summed E-state index contributed by atoms with van der Waals surface area (Å²) in [6.45, 7) is 8.41. The molecule has 5 nitrogen and oxygen atoms in total. The number of rotatable bonds is 10. The van der Waals surface area contributed by atoms with Gasteiger partial charge >= 0.3 is 0 Å². The molecular weight excluding hydrogens is 405 g/mol. The molecule has 0 aliphatic rings. The van der Waals surface area contributed by atoms with Gasteiger partial charge in [0.15, 0.2) is 0 Å². The molecular formula is C26H36FN3O2. The number of carbonyl (C=O) groups is 2. The molecule has 0 fully saturated rings. The van der Waals surface area contributed by atoms with E-state index < -0.39 is 0 Å². The maximum Gasteiger partial charge on any atom is 0.226 e. The van der Waals surface area contributed by atoms with Crippen LogP contribution in [0.4, 0.5) is 15.8 Å². The second kappa shape index (κ2) is 11.7. The van der Waals surface area contributed by atoms with Crippen LogP contribution in [0, 0.1) is 17.7 Å².